The number of allylic oxidation sites excluding steroid dienone is 1. The Hall–Kier alpha value is -2.50. The molecule has 1 aromatic heterocycles. The van der Waals surface area contributed by atoms with E-state index in [0.717, 1.165) is 36.7 Å². The number of hydrogen-bond donors (Lipinski definition) is 0. The highest BCUT2D eigenvalue weighted by Crippen LogP contribution is 2.31. The SMILES string of the molecule is CC1=Cc2oc(-c3cc([N+](=O)[O-])ccc3F)nc2CC1. The minimum absolute atomic E-state index is 0.0136. The van der Waals surface area contributed by atoms with Crippen molar-refractivity contribution in [3.8, 4) is 11.5 Å². The first-order chi connectivity index (χ1) is 9.54. The van der Waals surface area contributed by atoms with Crippen LogP contribution in [-0.2, 0) is 6.42 Å². The molecule has 5 nitrogen and oxygen atoms in total. The van der Waals surface area contributed by atoms with Crippen molar-refractivity contribution in [3.05, 3.63) is 51.2 Å². The largest absolute Gasteiger partial charge is 0.436 e. The van der Waals surface area contributed by atoms with Gasteiger partial charge in [-0.2, -0.15) is 0 Å². The predicted molar refractivity (Wildman–Crippen MR) is 70.5 cm³/mol. The normalized spacial score (nSPS) is 13.8. The molecule has 20 heavy (non-hydrogen) atoms. The molecule has 0 atom stereocenters. The highest BCUT2D eigenvalue weighted by molar-refractivity contribution is 5.62. The summed E-state index contributed by atoms with van der Waals surface area (Å²) in [4.78, 5) is 14.4. The van der Waals surface area contributed by atoms with E-state index in [2.05, 4.69) is 4.98 Å². The van der Waals surface area contributed by atoms with Crippen LogP contribution >= 0.6 is 0 Å². The number of benzene rings is 1. The maximum Gasteiger partial charge on any atom is 0.270 e. The van der Waals surface area contributed by atoms with Crippen molar-refractivity contribution in [3.63, 3.8) is 0 Å². The molecule has 1 aliphatic carbocycles. The molecule has 0 N–H and O–H groups in total. The van der Waals surface area contributed by atoms with Crippen molar-refractivity contribution >= 4 is 11.8 Å². The van der Waals surface area contributed by atoms with Crippen molar-refractivity contribution in [1.82, 2.24) is 4.98 Å². The summed E-state index contributed by atoms with van der Waals surface area (Å²) in [6.07, 6.45) is 3.48. The lowest BCUT2D eigenvalue weighted by molar-refractivity contribution is -0.384. The van der Waals surface area contributed by atoms with Gasteiger partial charge in [-0.1, -0.05) is 5.57 Å². The second-order valence-corrected chi connectivity index (χ2v) is 4.74. The van der Waals surface area contributed by atoms with E-state index in [-0.39, 0.29) is 17.1 Å². The summed E-state index contributed by atoms with van der Waals surface area (Å²) in [6.45, 7) is 1.99. The van der Waals surface area contributed by atoms with Gasteiger partial charge in [0.2, 0.25) is 5.89 Å². The third-order valence-electron chi connectivity index (χ3n) is 3.25. The molecule has 0 unspecified atom stereocenters. The van der Waals surface area contributed by atoms with Gasteiger partial charge in [-0.3, -0.25) is 10.1 Å². The van der Waals surface area contributed by atoms with Crippen molar-refractivity contribution in [2.45, 2.75) is 19.8 Å². The number of non-ortho nitro benzene ring substituents is 1. The van der Waals surface area contributed by atoms with Crippen LogP contribution in [0.3, 0.4) is 0 Å². The Morgan fingerprint density at radius 1 is 1.40 bits per heavy atom. The zero-order chi connectivity index (χ0) is 14.3. The van der Waals surface area contributed by atoms with Crippen LogP contribution in [0.5, 0.6) is 0 Å². The minimum atomic E-state index is -0.588. The van der Waals surface area contributed by atoms with Crippen molar-refractivity contribution in [2.24, 2.45) is 0 Å². The fourth-order valence-electron chi connectivity index (χ4n) is 2.17. The quantitative estimate of drug-likeness (QED) is 0.618. The molecular formula is C14H11FN2O3. The van der Waals surface area contributed by atoms with Gasteiger partial charge in [0.25, 0.3) is 5.69 Å². The lowest BCUT2D eigenvalue weighted by Gasteiger charge is -2.04. The number of nitrogens with zero attached hydrogens (tertiary/aromatic N) is 2. The molecule has 1 aromatic carbocycles. The highest BCUT2D eigenvalue weighted by atomic mass is 19.1. The van der Waals surface area contributed by atoms with E-state index in [9.17, 15) is 14.5 Å². The topological polar surface area (TPSA) is 69.2 Å². The summed E-state index contributed by atoms with van der Waals surface area (Å²) in [5, 5.41) is 10.8. The van der Waals surface area contributed by atoms with E-state index in [1.807, 2.05) is 13.0 Å². The van der Waals surface area contributed by atoms with Crippen LogP contribution in [0.1, 0.15) is 24.8 Å². The van der Waals surface area contributed by atoms with Crippen LogP contribution in [0.15, 0.2) is 28.2 Å². The molecule has 0 spiro atoms. The molecule has 0 saturated heterocycles. The number of oxazole rings is 1. The molecule has 0 fully saturated rings. The third-order valence-corrected chi connectivity index (χ3v) is 3.25. The standard InChI is InChI=1S/C14H11FN2O3/c1-8-2-5-12-13(6-8)20-14(16-12)10-7-9(17(18)19)3-4-11(10)15/h3-4,6-7H,2,5H2,1H3. The lowest BCUT2D eigenvalue weighted by atomic mass is 10.0. The molecule has 0 bridgehead atoms. The summed E-state index contributed by atoms with van der Waals surface area (Å²) in [5.41, 5.74) is 1.75. The van der Waals surface area contributed by atoms with E-state index in [1.54, 1.807) is 0 Å². The smallest absolute Gasteiger partial charge is 0.270 e. The summed E-state index contributed by atoms with van der Waals surface area (Å²) < 4.78 is 19.3. The Morgan fingerprint density at radius 2 is 2.20 bits per heavy atom. The van der Waals surface area contributed by atoms with Crippen LogP contribution in [0, 0.1) is 15.9 Å². The Balaban J connectivity index is 2.10. The molecule has 3 rings (SSSR count). The lowest BCUT2D eigenvalue weighted by Crippen LogP contribution is -1.95. The summed E-state index contributed by atoms with van der Waals surface area (Å²) in [5.74, 6) is 0.103. The van der Waals surface area contributed by atoms with E-state index in [4.69, 9.17) is 4.42 Å². The molecule has 0 amide bonds. The van der Waals surface area contributed by atoms with Crippen LogP contribution in [0.25, 0.3) is 17.5 Å². The molecule has 0 saturated carbocycles. The average Bonchev–Trinajstić information content (AvgIpc) is 2.81. The molecule has 6 heteroatoms. The molecule has 1 heterocycles. The van der Waals surface area contributed by atoms with Gasteiger partial charge in [-0.15, -0.1) is 0 Å². The van der Waals surface area contributed by atoms with E-state index < -0.39 is 10.7 Å². The third kappa shape index (κ3) is 2.09. The van der Waals surface area contributed by atoms with E-state index in [0.29, 0.717) is 5.76 Å². The maximum absolute atomic E-state index is 13.8. The predicted octanol–water partition coefficient (Wildman–Crippen LogP) is 3.74. The van der Waals surface area contributed by atoms with Gasteiger partial charge in [0.1, 0.15) is 5.82 Å². The molecule has 2 aromatic rings. The average molecular weight is 274 g/mol. The van der Waals surface area contributed by atoms with Crippen LogP contribution in [-0.4, -0.2) is 9.91 Å². The zero-order valence-corrected chi connectivity index (χ0v) is 10.7. The first-order valence-electron chi connectivity index (χ1n) is 6.16. The number of aryl methyl sites for hydroxylation is 1. The zero-order valence-electron chi connectivity index (χ0n) is 10.7. The van der Waals surface area contributed by atoms with Gasteiger partial charge in [-0.05, 0) is 31.9 Å². The number of nitro benzene ring substituents is 1. The fraction of sp³-hybridized carbons (Fsp3) is 0.214. The van der Waals surface area contributed by atoms with E-state index >= 15 is 0 Å². The Morgan fingerprint density at radius 3 is 2.95 bits per heavy atom. The first kappa shape index (κ1) is 12.5. The Bertz CT molecular complexity index is 734. The number of hydrogen-bond acceptors (Lipinski definition) is 4. The second kappa shape index (κ2) is 4.56. The van der Waals surface area contributed by atoms with Crippen molar-refractivity contribution in [1.29, 1.82) is 0 Å². The fourth-order valence-corrected chi connectivity index (χ4v) is 2.17. The molecular weight excluding hydrogens is 263 g/mol. The summed E-state index contributed by atoms with van der Waals surface area (Å²) in [7, 11) is 0. The van der Waals surface area contributed by atoms with Crippen molar-refractivity contribution < 1.29 is 13.7 Å². The van der Waals surface area contributed by atoms with Crippen LogP contribution in [0.2, 0.25) is 0 Å². The summed E-state index contributed by atoms with van der Waals surface area (Å²) in [6, 6.07) is 3.31. The number of fused-ring (bicyclic) bond motifs is 1. The summed E-state index contributed by atoms with van der Waals surface area (Å²) >= 11 is 0. The van der Waals surface area contributed by atoms with E-state index in [1.165, 1.54) is 5.57 Å². The molecule has 0 aliphatic heterocycles. The number of nitro groups is 1. The minimum Gasteiger partial charge on any atom is -0.436 e. The molecule has 102 valence electrons. The van der Waals surface area contributed by atoms with Gasteiger partial charge >= 0.3 is 0 Å². The van der Waals surface area contributed by atoms with Gasteiger partial charge in [0.05, 0.1) is 16.2 Å². The molecule has 0 radical (unpaired) electrons. The number of halogens is 1. The van der Waals surface area contributed by atoms with Gasteiger partial charge in [0, 0.05) is 12.1 Å². The van der Waals surface area contributed by atoms with Gasteiger partial charge < -0.3 is 4.42 Å². The Labute approximate surface area is 113 Å². The first-order valence-corrected chi connectivity index (χ1v) is 6.16. The van der Waals surface area contributed by atoms with Crippen LogP contribution < -0.4 is 0 Å². The second-order valence-electron chi connectivity index (χ2n) is 4.74. The van der Waals surface area contributed by atoms with Gasteiger partial charge in [-0.25, -0.2) is 9.37 Å². The monoisotopic (exact) mass is 274 g/mol. The number of aromatic nitrogens is 1. The Kier molecular flexibility index (Phi) is 2.85. The van der Waals surface area contributed by atoms with Crippen molar-refractivity contribution in [2.75, 3.05) is 0 Å². The number of rotatable bonds is 2. The highest BCUT2D eigenvalue weighted by Gasteiger charge is 2.20. The molecule has 1 aliphatic rings. The van der Waals surface area contributed by atoms with Crippen LogP contribution in [0.4, 0.5) is 10.1 Å². The van der Waals surface area contributed by atoms with Gasteiger partial charge in [0.15, 0.2) is 5.76 Å². The maximum atomic E-state index is 13.8.